The Balaban J connectivity index is 0.00000106. The average molecular weight is 221 g/mol. The largest absolute Gasteiger partial charge is 0.328 e. The molecule has 0 aliphatic rings. The molecule has 0 heterocycles. The average Bonchev–Trinajstić information content (AvgIpc) is 2.18. The van der Waals surface area contributed by atoms with Crippen molar-refractivity contribution in [2.45, 2.75) is 60.4 Å². The molecule has 92 valence electrons. The van der Waals surface area contributed by atoms with E-state index in [-0.39, 0.29) is 0 Å². The van der Waals surface area contributed by atoms with Crippen molar-refractivity contribution in [1.82, 2.24) is 0 Å². The van der Waals surface area contributed by atoms with E-state index in [1.54, 1.807) is 0 Å². The third kappa shape index (κ3) is 4.80. The van der Waals surface area contributed by atoms with Crippen LogP contribution in [0.4, 0.5) is 0 Å². The monoisotopic (exact) mass is 221 g/mol. The molecule has 0 fully saturated rings. The highest BCUT2D eigenvalue weighted by Gasteiger charge is 2.04. The van der Waals surface area contributed by atoms with Gasteiger partial charge in [-0.15, -0.1) is 0 Å². The van der Waals surface area contributed by atoms with Gasteiger partial charge < -0.3 is 5.73 Å². The summed E-state index contributed by atoms with van der Waals surface area (Å²) in [5.74, 6) is 0. The van der Waals surface area contributed by atoms with Gasteiger partial charge in [0.1, 0.15) is 0 Å². The van der Waals surface area contributed by atoms with Crippen LogP contribution in [0.3, 0.4) is 0 Å². The third-order valence-corrected chi connectivity index (χ3v) is 2.69. The molecule has 0 aliphatic carbocycles. The normalized spacial score (nSPS) is 11.7. The molecule has 0 aliphatic heterocycles. The van der Waals surface area contributed by atoms with Crippen molar-refractivity contribution in [3.8, 4) is 0 Å². The zero-order valence-electron chi connectivity index (χ0n) is 11.7. The Morgan fingerprint density at radius 1 is 1.06 bits per heavy atom. The summed E-state index contributed by atoms with van der Waals surface area (Å²) in [5.41, 5.74) is 11.4. The van der Waals surface area contributed by atoms with Gasteiger partial charge in [0.15, 0.2) is 0 Å². The van der Waals surface area contributed by atoms with Gasteiger partial charge >= 0.3 is 0 Å². The van der Waals surface area contributed by atoms with Crippen molar-refractivity contribution in [2.24, 2.45) is 5.73 Å². The maximum Gasteiger partial charge on any atom is 0.00136 e. The summed E-state index contributed by atoms with van der Waals surface area (Å²) in [5, 5.41) is 0. The summed E-state index contributed by atoms with van der Waals surface area (Å²) in [6, 6.07) is 4.81. The highest BCUT2D eigenvalue weighted by atomic mass is 14.6. The van der Waals surface area contributed by atoms with E-state index in [0.29, 0.717) is 6.04 Å². The lowest BCUT2D eigenvalue weighted by Gasteiger charge is -2.12. The molecule has 0 saturated heterocycles. The quantitative estimate of drug-likeness (QED) is 0.822. The fraction of sp³-hybridized carbons (Fsp3) is 0.600. The van der Waals surface area contributed by atoms with E-state index in [9.17, 15) is 0 Å². The fourth-order valence-electron chi connectivity index (χ4n) is 1.98. The predicted molar refractivity (Wildman–Crippen MR) is 74.0 cm³/mol. The third-order valence-electron chi connectivity index (χ3n) is 2.69. The van der Waals surface area contributed by atoms with Crippen molar-refractivity contribution < 1.29 is 0 Å². The summed E-state index contributed by atoms with van der Waals surface area (Å²) < 4.78 is 0. The molecular formula is C15H27N. The Hall–Kier alpha value is -0.820. The Morgan fingerprint density at radius 2 is 1.50 bits per heavy atom. The first-order chi connectivity index (χ1) is 7.50. The summed E-state index contributed by atoms with van der Waals surface area (Å²) in [6.07, 6.45) is 2.18. The lowest BCUT2D eigenvalue weighted by atomic mass is 9.95. The highest BCUT2D eigenvalue weighted by Crippen LogP contribution is 2.18. The topological polar surface area (TPSA) is 26.0 Å². The Labute approximate surface area is 101 Å². The maximum absolute atomic E-state index is 5.77. The second kappa shape index (κ2) is 7.45. The van der Waals surface area contributed by atoms with E-state index in [4.69, 9.17) is 5.73 Å². The second-order valence-corrected chi connectivity index (χ2v) is 4.39. The lowest BCUT2D eigenvalue weighted by molar-refractivity contribution is 0.663. The number of benzene rings is 1. The molecule has 0 spiro atoms. The summed E-state index contributed by atoms with van der Waals surface area (Å²) in [7, 11) is 0. The van der Waals surface area contributed by atoms with E-state index in [2.05, 4.69) is 39.8 Å². The molecule has 0 amide bonds. The first-order valence-corrected chi connectivity index (χ1v) is 6.33. The van der Waals surface area contributed by atoms with Gasteiger partial charge in [-0.2, -0.15) is 0 Å². The molecule has 1 atom stereocenters. The predicted octanol–water partition coefficient (Wildman–Crippen LogP) is 3.92. The van der Waals surface area contributed by atoms with Crippen molar-refractivity contribution >= 4 is 0 Å². The van der Waals surface area contributed by atoms with Crippen LogP contribution in [0.25, 0.3) is 0 Å². The van der Waals surface area contributed by atoms with Gasteiger partial charge in [-0.1, -0.05) is 31.5 Å². The highest BCUT2D eigenvalue weighted by molar-refractivity contribution is 5.37. The molecule has 0 saturated carbocycles. The molecule has 1 nitrogen and oxygen atoms in total. The smallest absolute Gasteiger partial charge is 0.00136 e. The molecule has 0 radical (unpaired) electrons. The molecule has 1 unspecified atom stereocenters. The van der Waals surface area contributed by atoms with Crippen molar-refractivity contribution in [3.05, 3.63) is 34.4 Å². The van der Waals surface area contributed by atoms with Gasteiger partial charge in [-0.25, -0.2) is 0 Å². The molecule has 0 bridgehead atoms. The minimum Gasteiger partial charge on any atom is -0.328 e. The number of rotatable bonds is 3. The van der Waals surface area contributed by atoms with Gasteiger partial charge in [0.05, 0.1) is 0 Å². The van der Waals surface area contributed by atoms with Crippen molar-refractivity contribution in [1.29, 1.82) is 0 Å². The Morgan fingerprint density at radius 3 is 1.88 bits per heavy atom. The van der Waals surface area contributed by atoms with Crippen molar-refractivity contribution in [2.75, 3.05) is 0 Å². The molecule has 16 heavy (non-hydrogen) atoms. The van der Waals surface area contributed by atoms with Crippen LogP contribution in [-0.2, 0) is 6.42 Å². The molecule has 1 rings (SSSR count). The molecule has 1 aromatic carbocycles. The number of hydrogen-bond donors (Lipinski definition) is 1. The first kappa shape index (κ1) is 15.2. The molecular weight excluding hydrogens is 194 g/mol. The Bertz CT molecular complexity index is 290. The SMILES string of the molecule is CC.Cc1cc(C)c(CCC(C)N)c(C)c1. The van der Waals surface area contributed by atoms with Gasteiger partial charge in [0, 0.05) is 6.04 Å². The maximum atomic E-state index is 5.77. The molecule has 1 aromatic rings. The van der Waals surface area contributed by atoms with Gasteiger partial charge in [0.2, 0.25) is 0 Å². The van der Waals surface area contributed by atoms with E-state index in [1.165, 1.54) is 22.3 Å². The fourth-order valence-corrected chi connectivity index (χ4v) is 1.98. The molecule has 0 aromatic heterocycles. The van der Waals surface area contributed by atoms with Crippen LogP contribution in [0.15, 0.2) is 12.1 Å². The van der Waals surface area contributed by atoms with Crippen LogP contribution >= 0.6 is 0 Å². The first-order valence-electron chi connectivity index (χ1n) is 6.33. The van der Waals surface area contributed by atoms with Gasteiger partial charge in [0.25, 0.3) is 0 Å². The summed E-state index contributed by atoms with van der Waals surface area (Å²) in [4.78, 5) is 0. The second-order valence-electron chi connectivity index (χ2n) is 4.39. The van der Waals surface area contributed by atoms with Crippen LogP contribution < -0.4 is 5.73 Å². The van der Waals surface area contributed by atoms with Crippen LogP contribution in [0, 0.1) is 20.8 Å². The number of aryl methyl sites for hydroxylation is 3. The van der Waals surface area contributed by atoms with Crippen molar-refractivity contribution in [3.63, 3.8) is 0 Å². The number of nitrogens with two attached hydrogens (primary N) is 1. The van der Waals surface area contributed by atoms with E-state index in [1.807, 2.05) is 13.8 Å². The van der Waals surface area contributed by atoms with E-state index >= 15 is 0 Å². The minimum absolute atomic E-state index is 0.301. The lowest BCUT2D eigenvalue weighted by Crippen LogP contribution is -2.16. The van der Waals surface area contributed by atoms with E-state index < -0.39 is 0 Å². The standard InChI is InChI=1S/C13H21N.C2H6/c1-9-7-10(2)13(11(3)8-9)6-5-12(4)14;1-2/h7-8,12H,5-6,14H2,1-4H3;1-2H3. The van der Waals surface area contributed by atoms with Gasteiger partial charge in [-0.05, 0) is 57.2 Å². The summed E-state index contributed by atoms with van der Waals surface area (Å²) >= 11 is 0. The zero-order valence-corrected chi connectivity index (χ0v) is 11.7. The summed E-state index contributed by atoms with van der Waals surface area (Å²) in [6.45, 7) is 12.6. The van der Waals surface area contributed by atoms with Crippen LogP contribution in [-0.4, -0.2) is 6.04 Å². The van der Waals surface area contributed by atoms with Gasteiger partial charge in [-0.3, -0.25) is 0 Å². The van der Waals surface area contributed by atoms with E-state index in [0.717, 1.165) is 12.8 Å². The van der Waals surface area contributed by atoms with Crippen LogP contribution in [0.5, 0.6) is 0 Å². The number of hydrogen-bond acceptors (Lipinski definition) is 1. The van der Waals surface area contributed by atoms with Crippen LogP contribution in [0.1, 0.15) is 49.4 Å². The zero-order chi connectivity index (χ0) is 12.7. The molecule has 2 N–H and O–H groups in total. The Kier molecular flexibility index (Phi) is 7.07. The minimum atomic E-state index is 0.301. The van der Waals surface area contributed by atoms with Crippen LogP contribution in [0.2, 0.25) is 0 Å². The molecule has 1 heteroatoms.